The number of aryl methyl sites for hydroxylation is 1. The predicted octanol–water partition coefficient (Wildman–Crippen LogP) is 4.30. The smallest absolute Gasteiger partial charge is 0.406 e. The maximum atomic E-state index is 12.4. The maximum Gasteiger partial charge on any atom is 0.573 e. The number of hydrogen-bond acceptors (Lipinski definition) is 3. The maximum absolute atomic E-state index is 12.4. The molecule has 9 heteroatoms. The highest BCUT2D eigenvalue weighted by atomic mass is 127. The van der Waals surface area contributed by atoms with Gasteiger partial charge in [-0.05, 0) is 42.7 Å². The molecule has 26 heavy (non-hydrogen) atoms. The Kier molecular flexibility index (Phi) is 7.30. The Morgan fingerprint density at radius 3 is 2.19 bits per heavy atom. The summed E-state index contributed by atoms with van der Waals surface area (Å²) >= 11 is 2.10. The van der Waals surface area contributed by atoms with Gasteiger partial charge in [-0.15, -0.1) is 13.2 Å². The van der Waals surface area contributed by atoms with E-state index in [2.05, 4.69) is 32.0 Å². The monoisotopic (exact) mass is 499 g/mol. The molecular formula is C17H17F3INO3S. The van der Waals surface area contributed by atoms with Crippen LogP contribution in [0.4, 0.5) is 13.2 Å². The molecule has 1 atom stereocenters. The van der Waals surface area contributed by atoms with Gasteiger partial charge in [-0.2, -0.15) is 0 Å². The highest BCUT2D eigenvalue weighted by molar-refractivity contribution is 14.1. The normalized spacial score (nSPS) is 13.4. The van der Waals surface area contributed by atoms with Crippen molar-refractivity contribution in [1.82, 2.24) is 4.72 Å². The topological polar surface area (TPSA) is 55.4 Å². The third kappa shape index (κ3) is 6.76. The first kappa shape index (κ1) is 21.0. The Morgan fingerprint density at radius 2 is 1.65 bits per heavy atom. The molecule has 0 saturated carbocycles. The molecule has 0 spiro atoms. The zero-order valence-electron chi connectivity index (χ0n) is 13.5. The summed E-state index contributed by atoms with van der Waals surface area (Å²) in [6.45, 7) is 0. The number of ether oxygens (including phenoxy) is 1. The van der Waals surface area contributed by atoms with Gasteiger partial charge < -0.3 is 4.74 Å². The number of sulfonamides is 1. The van der Waals surface area contributed by atoms with Crippen LogP contribution >= 0.6 is 22.6 Å². The molecule has 0 aliphatic heterocycles. The second-order valence-electron chi connectivity index (χ2n) is 5.52. The van der Waals surface area contributed by atoms with Crippen molar-refractivity contribution in [1.29, 1.82) is 0 Å². The highest BCUT2D eigenvalue weighted by Crippen LogP contribution is 2.24. The van der Waals surface area contributed by atoms with Gasteiger partial charge in [0.25, 0.3) is 0 Å². The van der Waals surface area contributed by atoms with Gasteiger partial charge in [0.15, 0.2) is 0 Å². The van der Waals surface area contributed by atoms with E-state index in [9.17, 15) is 21.6 Å². The van der Waals surface area contributed by atoms with Crippen LogP contribution in [0.1, 0.15) is 12.0 Å². The molecule has 0 aromatic heterocycles. The lowest BCUT2D eigenvalue weighted by Gasteiger charge is -2.17. The minimum absolute atomic E-state index is 0.110. The van der Waals surface area contributed by atoms with Crippen LogP contribution in [0.25, 0.3) is 0 Å². The fourth-order valence-corrected chi connectivity index (χ4v) is 4.49. The number of alkyl halides is 4. The molecule has 1 N–H and O–H groups in total. The molecule has 0 aliphatic carbocycles. The number of rotatable bonds is 8. The largest absolute Gasteiger partial charge is 0.573 e. The van der Waals surface area contributed by atoms with E-state index in [4.69, 9.17) is 0 Å². The van der Waals surface area contributed by atoms with Gasteiger partial charge in [-0.25, -0.2) is 13.1 Å². The van der Waals surface area contributed by atoms with Gasteiger partial charge in [0.2, 0.25) is 10.0 Å². The molecule has 0 radical (unpaired) electrons. The lowest BCUT2D eigenvalue weighted by Crippen LogP contribution is -2.36. The first-order chi connectivity index (χ1) is 12.2. The van der Waals surface area contributed by atoms with E-state index in [0.29, 0.717) is 10.8 Å². The van der Waals surface area contributed by atoms with Crippen LogP contribution < -0.4 is 9.46 Å². The third-order valence-corrected chi connectivity index (χ3v) is 6.10. The average molecular weight is 499 g/mol. The fourth-order valence-electron chi connectivity index (χ4n) is 2.26. The number of benzene rings is 2. The molecule has 2 aromatic rings. The van der Waals surface area contributed by atoms with Crippen LogP contribution in [0.5, 0.6) is 5.75 Å². The minimum Gasteiger partial charge on any atom is -0.406 e. The average Bonchev–Trinajstić information content (AvgIpc) is 2.58. The molecule has 1 unspecified atom stereocenters. The van der Waals surface area contributed by atoms with E-state index in [0.717, 1.165) is 36.2 Å². The van der Waals surface area contributed by atoms with Gasteiger partial charge in [-0.1, -0.05) is 52.9 Å². The second-order valence-corrected chi connectivity index (χ2v) is 8.11. The van der Waals surface area contributed by atoms with Crippen molar-refractivity contribution >= 4 is 32.6 Å². The Hall–Kier alpha value is -1.33. The summed E-state index contributed by atoms with van der Waals surface area (Å²) in [7, 11) is -3.83. The van der Waals surface area contributed by atoms with E-state index in [1.54, 1.807) is 0 Å². The van der Waals surface area contributed by atoms with Crippen molar-refractivity contribution in [2.45, 2.75) is 30.1 Å². The molecule has 0 fully saturated rings. The van der Waals surface area contributed by atoms with Crippen LogP contribution in [0, 0.1) is 0 Å². The summed E-state index contributed by atoms with van der Waals surface area (Å²) in [5, 5.41) is 0. The van der Waals surface area contributed by atoms with Gasteiger partial charge in [0.1, 0.15) is 5.75 Å². The predicted molar refractivity (Wildman–Crippen MR) is 101 cm³/mol. The molecule has 0 amide bonds. The summed E-state index contributed by atoms with van der Waals surface area (Å²) in [6.07, 6.45) is -3.49. The molecule has 2 rings (SSSR count). The minimum atomic E-state index is -4.82. The molecule has 0 saturated heterocycles. The van der Waals surface area contributed by atoms with Crippen LogP contribution in [-0.2, 0) is 16.4 Å². The zero-order chi connectivity index (χ0) is 19.2. The first-order valence-electron chi connectivity index (χ1n) is 7.67. The summed E-state index contributed by atoms with van der Waals surface area (Å²) in [6, 6.07) is 13.5. The van der Waals surface area contributed by atoms with Gasteiger partial charge in [0.05, 0.1) is 4.90 Å². The fraction of sp³-hybridized carbons (Fsp3) is 0.294. The summed E-state index contributed by atoms with van der Waals surface area (Å²) in [5.74, 6) is -0.467. The second kappa shape index (κ2) is 9.05. The van der Waals surface area contributed by atoms with Crippen molar-refractivity contribution < 1.29 is 26.3 Å². The van der Waals surface area contributed by atoms with Crippen LogP contribution in [-0.4, -0.2) is 25.2 Å². The van der Waals surface area contributed by atoms with Crippen molar-refractivity contribution in [2.75, 3.05) is 4.43 Å². The molecule has 0 aliphatic rings. The van der Waals surface area contributed by atoms with Crippen molar-refractivity contribution in [3.8, 4) is 5.75 Å². The lowest BCUT2D eigenvalue weighted by atomic mass is 10.1. The van der Waals surface area contributed by atoms with Crippen LogP contribution in [0.3, 0.4) is 0 Å². The summed E-state index contributed by atoms with van der Waals surface area (Å²) < 4.78 is 68.3. The van der Waals surface area contributed by atoms with Crippen LogP contribution in [0.2, 0.25) is 0 Å². The quantitative estimate of drug-likeness (QED) is 0.436. The van der Waals surface area contributed by atoms with Gasteiger partial charge >= 0.3 is 6.36 Å². The van der Waals surface area contributed by atoms with E-state index < -0.39 is 22.1 Å². The summed E-state index contributed by atoms with van der Waals surface area (Å²) in [4.78, 5) is -0.110. The SMILES string of the molecule is O=S(=O)(NC(CI)CCc1ccccc1)c1ccc(OC(F)(F)F)cc1. The zero-order valence-corrected chi connectivity index (χ0v) is 16.5. The van der Waals surface area contributed by atoms with E-state index in [-0.39, 0.29) is 10.9 Å². The van der Waals surface area contributed by atoms with Crippen molar-refractivity contribution in [3.05, 3.63) is 60.2 Å². The number of halogens is 4. The van der Waals surface area contributed by atoms with Crippen LogP contribution in [0.15, 0.2) is 59.5 Å². The highest BCUT2D eigenvalue weighted by Gasteiger charge is 2.31. The lowest BCUT2D eigenvalue weighted by molar-refractivity contribution is -0.274. The Morgan fingerprint density at radius 1 is 1.04 bits per heavy atom. The molecule has 142 valence electrons. The molecule has 2 aromatic carbocycles. The summed E-state index contributed by atoms with van der Waals surface area (Å²) in [5.41, 5.74) is 1.11. The third-order valence-electron chi connectivity index (χ3n) is 3.50. The first-order valence-corrected chi connectivity index (χ1v) is 10.7. The number of nitrogens with one attached hydrogen (secondary N) is 1. The molecule has 0 heterocycles. The molecular weight excluding hydrogens is 482 g/mol. The van der Waals surface area contributed by atoms with Crippen molar-refractivity contribution in [2.24, 2.45) is 0 Å². The van der Waals surface area contributed by atoms with Crippen molar-refractivity contribution in [3.63, 3.8) is 0 Å². The van der Waals surface area contributed by atoms with E-state index in [1.807, 2.05) is 30.3 Å². The Balaban J connectivity index is 2.01. The standard InChI is InChI=1S/C17H17F3INO3S/c18-17(19,20)25-15-8-10-16(11-9-15)26(23,24)22-14(12-21)7-6-13-4-2-1-3-5-13/h1-5,8-11,14,22H,6-7,12H2. The van der Waals surface area contributed by atoms with Gasteiger partial charge in [-0.3, -0.25) is 0 Å². The van der Waals surface area contributed by atoms with Gasteiger partial charge in [0, 0.05) is 10.5 Å². The Bertz CT molecular complexity index is 796. The van der Waals surface area contributed by atoms with E-state index >= 15 is 0 Å². The Labute approximate surface area is 163 Å². The number of hydrogen-bond donors (Lipinski definition) is 1. The molecule has 4 nitrogen and oxygen atoms in total. The van der Waals surface area contributed by atoms with E-state index in [1.165, 1.54) is 0 Å². The molecule has 0 bridgehead atoms.